The van der Waals surface area contributed by atoms with Gasteiger partial charge >= 0.3 is 6.03 Å². The highest BCUT2D eigenvalue weighted by Gasteiger charge is 2.48. The molecule has 9 nitrogen and oxygen atoms in total. The van der Waals surface area contributed by atoms with Gasteiger partial charge in [0.15, 0.2) is 0 Å². The summed E-state index contributed by atoms with van der Waals surface area (Å²) in [5, 5.41) is 4.67. The Hall–Kier alpha value is -1.07. The van der Waals surface area contributed by atoms with E-state index in [0.717, 1.165) is 13.0 Å². The third-order valence-corrected chi connectivity index (χ3v) is 5.95. The van der Waals surface area contributed by atoms with Crippen molar-refractivity contribution in [2.24, 2.45) is 0 Å². The fourth-order valence-electron chi connectivity index (χ4n) is 4.20. The first-order chi connectivity index (χ1) is 12.2. The summed E-state index contributed by atoms with van der Waals surface area (Å²) in [4.78, 5) is 34.0. The molecule has 2 N–H and O–H groups in total. The summed E-state index contributed by atoms with van der Waals surface area (Å²) in [5.74, 6) is -0.273. The molecule has 0 aromatic heterocycles. The smallest absolute Gasteiger partial charge is 0.310 e. The number of nitrogens with zero attached hydrogens (tertiary/aromatic N) is 3. The molecular weight excluding hydrogens is 346 g/mol. The molecule has 2 bridgehead atoms. The Kier molecular flexibility index (Phi) is 5.05. The number of rotatable bonds is 6. The van der Waals surface area contributed by atoms with Crippen LogP contribution in [0.4, 0.5) is 4.79 Å². The maximum Gasteiger partial charge on any atom is 0.345 e. The van der Waals surface area contributed by atoms with Gasteiger partial charge in [-0.05, 0) is 38.8 Å². The van der Waals surface area contributed by atoms with E-state index in [1.165, 1.54) is 29.5 Å². The van der Waals surface area contributed by atoms with Gasteiger partial charge in [-0.3, -0.25) is 14.5 Å². The van der Waals surface area contributed by atoms with Crippen molar-refractivity contribution in [1.29, 1.82) is 0 Å². The molecule has 3 amide bonds. The molecule has 2 unspecified atom stereocenters. The molecule has 25 heavy (non-hydrogen) atoms. The van der Waals surface area contributed by atoms with Gasteiger partial charge in [-0.2, -0.15) is 5.06 Å². The zero-order valence-electron chi connectivity index (χ0n) is 14.1. The SMILES string of the molecule is O=C(NOC[C@@H]1C[C@H](N2CCC2)CN1)C1CCC2CN1C(=O)N2OS. The van der Waals surface area contributed by atoms with Crippen LogP contribution in [0.2, 0.25) is 0 Å². The lowest BCUT2D eigenvalue weighted by atomic mass is 10.0. The summed E-state index contributed by atoms with van der Waals surface area (Å²) in [7, 11) is 0. The number of urea groups is 1. The van der Waals surface area contributed by atoms with Crippen LogP contribution in [-0.4, -0.2) is 83.8 Å². The van der Waals surface area contributed by atoms with Crippen molar-refractivity contribution in [2.45, 2.75) is 49.9 Å². The van der Waals surface area contributed by atoms with Crippen molar-refractivity contribution in [3.05, 3.63) is 0 Å². The quantitative estimate of drug-likeness (QED) is 0.332. The molecule has 0 aromatic rings. The van der Waals surface area contributed by atoms with Crippen molar-refractivity contribution in [3.63, 3.8) is 0 Å². The van der Waals surface area contributed by atoms with Crippen LogP contribution in [0.15, 0.2) is 0 Å². The second-order valence-electron chi connectivity index (χ2n) is 7.25. The molecule has 0 aliphatic carbocycles. The second kappa shape index (κ2) is 7.28. The van der Waals surface area contributed by atoms with Crippen molar-refractivity contribution in [2.75, 3.05) is 32.8 Å². The number of hydroxylamine groups is 3. The van der Waals surface area contributed by atoms with Gasteiger partial charge in [0.05, 0.1) is 12.6 Å². The van der Waals surface area contributed by atoms with Crippen LogP contribution in [0.3, 0.4) is 0 Å². The van der Waals surface area contributed by atoms with E-state index in [2.05, 4.69) is 28.6 Å². The molecule has 0 spiro atoms. The zero-order chi connectivity index (χ0) is 17.4. The number of fused-ring (bicyclic) bond motifs is 2. The van der Waals surface area contributed by atoms with Crippen LogP contribution < -0.4 is 10.8 Å². The van der Waals surface area contributed by atoms with Gasteiger partial charge in [0.2, 0.25) is 0 Å². The number of piperidine rings is 1. The van der Waals surface area contributed by atoms with E-state index in [0.29, 0.717) is 32.0 Å². The summed E-state index contributed by atoms with van der Waals surface area (Å²) >= 11 is 3.72. The largest absolute Gasteiger partial charge is 0.345 e. The molecule has 4 fully saturated rings. The first-order valence-corrected chi connectivity index (χ1v) is 9.34. The lowest BCUT2D eigenvalue weighted by molar-refractivity contribution is -0.139. The van der Waals surface area contributed by atoms with Crippen LogP contribution in [0, 0.1) is 0 Å². The summed E-state index contributed by atoms with van der Waals surface area (Å²) in [6, 6.07) is -0.0166. The Bertz CT molecular complexity index is 534. The number of nitrogens with one attached hydrogen (secondary N) is 2. The van der Waals surface area contributed by atoms with Gasteiger partial charge in [0.25, 0.3) is 5.91 Å². The molecular formula is C15H25N5O4S. The Morgan fingerprint density at radius 3 is 2.88 bits per heavy atom. The van der Waals surface area contributed by atoms with E-state index >= 15 is 0 Å². The summed E-state index contributed by atoms with van der Waals surface area (Å²) in [5.41, 5.74) is 2.52. The van der Waals surface area contributed by atoms with E-state index in [9.17, 15) is 9.59 Å². The number of amides is 3. The van der Waals surface area contributed by atoms with Crippen molar-refractivity contribution in [3.8, 4) is 0 Å². The van der Waals surface area contributed by atoms with Crippen LogP contribution in [0.25, 0.3) is 0 Å². The predicted molar refractivity (Wildman–Crippen MR) is 91.3 cm³/mol. The van der Waals surface area contributed by atoms with E-state index < -0.39 is 6.04 Å². The topological polar surface area (TPSA) is 86.4 Å². The Balaban J connectivity index is 1.21. The van der Waals surface area contributed by atoms with Crippen LogP contribution >= 0.6 is 12.9 Å². The van der Waals surface area contributed by atoms with Gasteiger partial charge in [0, 0.05) is 38.1 Å². The van der Waals surface area contributed by atoms with Gasteiger partial charge in [-0.1, -0.05) is 0 Å². The number of thiol groups is 1. The molecule has 4 aliphatic rings. The molecule has 10 heteroatoms. The van der Waals surface area contributed by atoms with Gasteiger partial charge in [-0.25, -0.2) is 14.6 Å². The normalized spacial score (nSPS) is 35.2. The first kappa shape index (κ1) is 17.3. The minimum absolute atomic E-state index is 0.0314. The Labute approximate surface area is 152 Å². The summed E-state index contributed by atoms with van der Waals surface area (Å²) < 4.78 is 4.82. The lowest BCUT2D eigenvalue weighted by Crippen LogP contribution is -2.50. The average molecular weight is 371 g/mol. The van der Waals surface area contributed by atoms with Crippen molar-refractivity contribution < 1.29 is 18.7 Å². The molecule has 0 aromatic carbocycles. The van der Waals surface area contributed by atoms with Crippen molar-refractivity contribution in [1.82, 2.24) is 25.7 Å². The molecule has 140 valence electrons. The Morgan fingerprint density at radius 1 is 1.32 bits per heavy atom. The molecule has 4 saturated heterocycles. The highest BCUT2D eigenvalue weighted by molar-refractivity contribution is 7.75. The van der Waals surface area contributed by atoms with Crippen molar-refractivity contribution >= 4 is 24.8 Å². The summed E-state index contributed by atoms with van der Waals surface area (Å²) in [6.45, 7) is 4.28. The first-order valence-electron chi connectivity index (χ1n) is 8.98. The molecule has 4 heterocycles. The monoisotopic (exact) mass is 371 g/mol. The van der Waals surface area contributed by atoms with E-state index in [-0.39, 0.29) is 24.0 Å². The lowest BCUT2D eigenvalue weighted by Gasteiger charge is -2.36. The minimum Gasteiger partial charge on any atom is -0.310 e. The number of likely N-dealkylation sites (tertiary alicyclic amines) is 1. The predicted octanol–water partition coefficient (Wildman–Crippen LogP) is -0.485. The molecule has 4 atom stereocenters. The third-order valence-electron chi connectivity index (χ3n) is 5.78. The van der Waals surface area contributed by atoms with E-state index in [4.69, 9.17) is 9.12 Å². The number of carbonyl (C=O) groups excluding carboxylic acids is 2. The fraction of sp³-hybridized carbons (Fsp3) is 0.867. The van der Waals surface area contributed by atoms with Gasteiger partial charge < -0.3 is 10.2 Å². The fourth-order valence-corrected chi connectivity index (χ4v) is 4.40. The van der Waals surface area contributed by atoms with Crippen LogP contribution in [-0.2, 0) is 13.9 Å². The molecule has 4 aliphatic heterocycles. The highest BCUT2D eigenvalue weighted by atomic mass is 32.1. The maximum absolute atomic E-state index is 12.4. The average Bonchev–Trinajstić information content (AvgIpc) is 3.10. The highest BCUT2D eigenvalue weighted by Crippen LogP contribution is 2.30. The van der Waals surface area contributed by atoms with Gasteiger partial charge in [-0.15, -0.1) is 0 Å². The van der Waals surface area contributed by atoms with Crippen LogP contribution in [0.1, 0.15) is 25.7 Å². The molecule has 0 saturated carbocycles. The van der Waals surface area contributed by atoms with E-state index in [1.807, 2.05) is 0 Å². The number of hydrogen-bond acceptors (Lipinski definition) is 7. The number of hydrogen-bond donors (Lipinski definition) is 3. The molecule has 0 radical (unpaired) electrons. The summed E-state index contributed by atoms with van der Waals surface area (Å²) in [6.07, 6.45) is 3.64. The standard InChI is InChI=1S/C15H25N5O4S/c21-14(13-3-2-11-8-19(13)15(22)20(11)24-25)17-23-9-10-6-12(7-16-10)18-4-1-5-18/h10-13,16,25H,1-9H2,(H,17,21)/t10-,11?,12-,13?/m0/s1. The van der Waals surface area contributed by atoms with Crippen LogP contribution in [0.5, 0.6) is 0 Å². The number of carbonyl (C=O) groups is 2. The molecule has 4 rings (SSSR count). The van der Waals surface area contributed by atoms with E-state index in [1.54, 1.807) is 0 Å². The third kappa shape index (κ3) is 3.33. The maximum atomic E-state index is 12.4. The zero-order valence-corrected chi connectivity index (χ0v) is 15.0. The van der Waals surface area contributed by atoms with Gasteiger partial charge in [0.1, 0.15) is 6.04 Å². The second-order valence-corrected chi connectivity index (χ2v) is 7.41. The minimum atomic E-state index is -0.511. The Morgan fingerprint density at radius 2 is 2.16 bits per heavy atom.